The topological polar surface area (TPSA) is 67.9 Å². The summed E-state index contributed by atoms with van der Waals surface area (Å²) in [6.07, 6.45) is 0. The smallest absolute Gasteiger partial charge is 0.241 e. The molecule has 0 fully saturated rings. The normalized spacial score (nSPS) is 10.8. The van der Waals surface area contributed by atoms with Crippen LogP contribution in [0.15, 0.2) is 54.6 Å². The molecule has 0 unspecified atom stereocenters. The summed E-state index contributed by atoms with van der Waals surface area (Å²) in [4.78, 5) is 26.7. The second-order valence-electron chi connectivity index (χ2n) is 6.60. The number of benzene rings is 2. The molecular formula is C21H26N2O4. The molecule has 6 nitrogen and oxygen atoms in total. The lowest BCUT2D eigenvalue weighted by Gasteiger charge is -2.28. The van der Waals surface area contributed by atoms with Gasteiger partial charge in [-0.25, -0.2) is 0 Å². The Balaban J connectivity index is 1.85. The molecule has 0 heterocycles. The molecule has 2 aromatic rings. The Morgan fingerprint density at radius 1 is 1.00 bits per heavy atom. The molecule has 0 radical (unpaired) electrons. The van der Waals surface area contributed by atoms with E-state index in [1.165, 1.54) is 4.90 Å². The van der Waals surface area contributed by atoms with Crippen molar-refractivity contribution >= 4 is 17.5 Å². The quantitative estimate of drug-likeness (QED) is 0.573. The van der Waals surface area contributed by atoms with Gasteiger partial charge in [0.05, 0.1) is 13.7 Å². The van der Waals surface area contributed by atoms with Crippen molar-refractivity contribution in [1.82, 2.24) is 5.32 Å². The summed E-state index contributed by atoms with van der Waals surface area (Å²) < 4.78 is 10.7. The zero-order valence-electron chi connectivity index (χ0n) is 16.2. The van der Waals surface area contributed by atoms with E-state index in [-0.39, 0.29) is 11.8 Å². The first-order valence-electron chi connectivity index (χ1n) is 8.74. The Labute approximate surface area is 160 Å². The second kappa shape index (κ2) is 9.07. The molecule has 2 aromatic carbocycles. The third kappa shape index (κ3) is 5.23. The van der Waals surface area contributed by atoms with Gasteiger partial charge >= 0.3 is 0 Å². The molecule has 0 aliphatic carbocycles. The summed E-state index contributed by atoms with van der Waals surface area (Å²) in [6.45, 7) is 3.84. The van der Waals surface area contributed by atoms with E-state index in [1.807, 2.05) is 30.3 Å². The number of para-hydroxylation sites is 1. The molecule has 0 aliphatic heterocycles. The van der Waals surface area contributed by atoms with Gasteiger partial charge < -0.3 is 19.7 Å². The van der Waals surface area contributed by atoms with Crippen LogP contribution in [-0.4, -0.2) is 39.1 Å². The Bertz CT molecular complexity index is 758. The van der Waals surface area contributed by atoms with Crippen molar-refractivity contribution in [2.45, 2.75) is 13.8 Å². The second-order valence-corrected chi connectivity index (χ2v) is 6.60. The molecule has 0 aliphatic rings. The monoisotopic (exact) mass is 370 g/mol. The van der Waals surface area contributed by atoms with Gasteiger partial charge in [0, 0.05) is 12.7 Å². The Morgan fingerprint density at radius 2 is 1.59 bits per heavy atom. The van der Waals surface area contributed by atoms with Gasteiger partial charge in [-0.3, -0.25) is 9.59 Å². The average Bonchev–Trinajstić information content (AvgIpc) is 2.70. The molecule has 2 amide bonds. The summed E-state index contributed by atoms with van der Waals surface area (Å²) >= 11 is 0. The first-order chi connectivity index (χ1) is 12.9. The first kappa shape index (κ1) is 20.3. The third-order valence-electron chi connectivity index (χ3n) is 4.27. The lowest BCUT2D eigenvalue weighted by Crippen LogP contribution is -2.49. The van der Waals surface area contributed by atoms with E-state index in [1.54, 1.807) is 52.3 Å². The van der Waals surface area contributed by atoms with Crippen LogP contribution < -0.4 is 19.7 Å². The molecule has 2 rings (SSSR count). The highest BCUT2D eigenvalue weighted by Crippen LogP contribution is 2.23. The van der Waals surface area contributed by atoms with Crippen molar-refractivity contribution in [3.63, 3.8) is 0 Å². The van der Waals surface area contributed by atoms with Crippen LogP contribution >= 0.6 is 0 Å². The van der Waals surface area contributed by atoms with Gasteiger partial charge in [-0.1, -0.05) is 18.2 Å². The predicted molar refractivity (Wildman–Crippen MR) is 105 cm³/mol. The SMILES string of the molecule is COc1ccc(OCCNC(=O)C(C)(C)C(=O)N(C)c2ccccc2)cc1. The van der Waals surface area contributed by atoms with Crippen molar-refractivity contribution in [2.24, 2.45) is 5.41 Å². The van der Waals surface area contributed by atoms with Crippen LogP contribution in [-0.2, 0) is 9.59 Å². The maximum absolute atomic E-state index is 12.7. The van der Waals surface area contributed by atoms with Gasteiger partial charge in [0.25, 0.3) is 0 Å². The summed E-state index contributed by atoms with van der Waals surface area (Å²) in [6, 6.07) is 16.4. The number of hydrogen-bond donors (Lipinski definition) is 1. The molecule has 0 spiro atoms. The zero-order chi connectivity index (χ0) is 19.9. The van der Waals surface area contributed by atoms with E-state index in [0.29, 0.717) is 18.9 Å². The Kier molecular flexibility index (Phi) is 6.82. The van der Waals surface area contributed by atoms with Crippen molar-refractivity contribution in [1.29, 1.82) is 0 Å². The number of rotatable bonds is 8. The van der Waals surface area contributed by atoms with E-state index in [0.717, 1.165) is 11.4 Å². The summed E-state index contributed by atoms with van der Waals surface area (Å²) in [5.41, 5.74) is -0.448. The molecule has 144 valence electrons. The molecule has 6 heteroatoms. The number of methoxy groups -OCH3 is 1. The van der Waals surface area contributed by atoms with Crippen LogP contribution in [0.2, 0.25) is 0 Å². The fraction of sp³-hybridized carbons (Fsp3) is 0.333. The molecule has 0 atom stereocenters. The van der Waals surface area contributed by atoms with Crippen molar-refractivity contribution in [3.8, 4) is 11.5 Å². The molecule has 1 N–H and O–H groups in total. The fourth-order valence-electron chi connectivity index (χ4n) is 2.51. The summed E-state index contributed by atoms with van der Waals surface area (Å²) in [5, 5.41) is 2.77. The number of carbonyl (C=O) groups excluding carboxylic acids is 2. The van der Waals surface area contributed by atoms with Crippen LogP contribution in [0.5, 0.6) is 11.5 Å². The van der Waals surface area contributed by atoms with Crippen LogP contribution in [0.4, 0.5) is 5.69 Å². The fourth-order valence-corrected chi connectivity index (χ4v) is 2.51. The number of ether oxygens (including phenoxy) is 2. The van der Waals surface area contributed by atoms with Gasteiger partial charge in [0.2, 0.25) is 11.8 Å². The predicted octanol–water partition coefficient (Wildman–Crippen LogP) is 2.88. The number of anilines is 1. The summed E-state index contributed by atoms with van der Waals surface area (Å²) in [7, 11) is 3.27. The van der Waals surface area contributed by atoms with Crippen molar-refractivity contribution in [2.75, 3.05) is 32.2 Å². The largest absolute Gasteiger partial charge is 0.497 e. The van der Waals surface area contributed by atoms with E-state index in [9.17, 15) is 9.59 Å². The molecule has 0 aromatic heterocycles. The number of nitrogens with zero attached hydrogens (tertiary/aromatic N) is 1. The zero-order valence-corrected chi connectivity index (χ0v) is 16.2. The maximum Gasteiger partial charge on any atom is 0.241 e. The van der Waals surface area contributed by atoms with Gasteiger partial charge in [0.15, 0.2) is 0 Å². The van der Waals surface area contributed by atoms with Crippen LogP contribution in [0.25, 0.3) is 0 Å². The highest BCUT2D eigenvalue weighted by molar-refractivity contribution is 6.10. The number of nitrogens with one attached hydrogen (secondary N) is 1. The van der Waals surface area contributed by atoms with Crippen LogP contribution in [0, 0.1) is 5.41 Å². The Hall–Kier alpha value is -3.02. The van der Waals surface area contributed by atoms with E-state index in [2.05, 4.69) is 5.32 Å². The minimum atomic E-state index is -1.19. The first-order valence-corrected chi connectivity index (χ1v) is 8.74. The number of hydrogen-bond acceptors (Lipinski definition) is 4. The third-order valence-corrected chi connectivity index (χ3v) is 4.27. The Morgan fingerprint density at radius 3 is 2.19 bits per heavy atom. The number of carbonyl (C=O) groups is 2. The molecule has 0 bridgehead atoms. The van der Waals surface area contributed by atoms with E-state index >= 15 is 0 Å². The van der Waals surface area contributed by atoms with Gasteiger partial charge in [-0.15, -0.1) is 0 Å². The average molecular weight is 370 g/mol. The minimum absolute atomic E-state index is 0.276. The van der Waals surface area contributed by atoms with Gasteiger partial charge in [-0.2, -0.15) is 0 Å². The van der Waals surface area contributed by atoms with E-state index in [4.69, 9.17) is 9.47 Å². The highest BCUT2D eigenvalue weighted by atomic mass is 16.5. The highest BCUT2D eigenvalue weighted by Gasteiger charge is 2.38. The van der Waals surface area contributed by atoms with Crippen molar-refractivity contribution in [3.05, 3.63) is 54.6 Å². The summed E-state index contributed by atoms with van der Waals surface area (Å²) in [5.74, 6) is 0.818. The molecule has 0 saturated heterocycles. The minimum Gasteiger partial charge on any atom is -0.497 e. The lowest BCUT2D eigenvalue weighted by atomic mass is 9.90. The van der Waals surface area contributed by atoms with Gasteiger partial charge in [-0.05, 0) is 50.2 Å². The molecular weight excluding hydrogens is 344 g/mol. The maximum atomic E-state index is 12.7. The van der Waals surface area contributed by atoms with E-state index < -0.39 is 5.41 Å². The lowest BCUT2D eigenvalue weighted by molar-refractivity contribution is -0.139. The number of amides is 2. The van der Waals surface area contributed by atoms with Crippen LogP contribution in [0.3, 0.4) is 0 Å². The standard InChI is InChI=1S/C21H26N2O4/c1-21(2,20(25)23(3)16-8-6-5-7-9-16)19(24)22-14-15-27-18-12-10-17(26-4)11-13-18/h5-13H,14-15H2,1-4H3,(H,22,24). The molecule has 27 heavy (non-hydrogen) atoms. The van der Waals surface area contributed by atoms with Crippen molar-refractivity contribution < 1.29 is 19.1 Å². The van der Waals surface area contributed by atoms with Gasteiger partial charge in [0.1, 0.15) is 23.5 Å². The van der Waals surface area contributed by atoms with Crippen LogP contribution in [0.1, 0.15) is 13.8 Å². The molecule has 0 saturated carbocycles.